The minimum atomic E-state index is -1.35. The summed E-state index contributed by atoms with van der Waals surface area (Å²) in [6.07, 6.45) is 2.27. The average Bonchev–Trinajstić information content (AvgIpc) is 3.26. The fraction of sp³-hybridized carbons (Fsp3) is 0.769. The van der Waals surface area contributed by atoms with Crippen LogP contribution in [0.5, 0.6) is 0 Å². The van der Waals surface area contributed by atoms with Crippen molar-refractivity contribution in [3.8, 4) is 0 Å². The fourth-order valence-electron chi connectivity index (χ4n) is 4.87. The van der Waals surface area contributed by atoms with E-state index in [9.17, 15) is 33.9 Å². The molecule has 0 aromatic heterocycles. The number of rotatable bonds is 14. The summed E-state index contributed by atoms with van der Waals surface area (Å²) >= 11 is 0. The number of amides is 5. The van der Waals surface area contributed by atoms with Crippen LogP contribution in [0, 0.1) is 11.8 Å². The molecule has 13 heteroatoms. The molecule has 0 bridgehead atoms. The lowest BCUT2D eigenvalue weighted by molar-refractivity contribution is -0.141. The van der Waals surface area contributed by atoms with Gasteiger partial charge in [0.25, 0.3) is 5.91 Å². The van der Waals surface area contributed by atoms with Gasteiger partial charge >= 0.3 is 6.09 Å². The van der Waals surface area contributed by atoms with Gasteiger partial charge in [-0.15, -0.1) is 0 Å². The summed E-state index contributed by atoms with van der Waals surface area (Å²) in [7, 11) is 0. The van der Waals surface area contributed by atoms with E-state index in [1.807, 2.05) is 18.7 Å². The summed E-state index contributed by atoms with van der Waals surface area (Å²) in [5.74, 6) is -3.91. The molecule has 2 aliphatic heterocycles. The molecule has 39 heavy (non-hydrogen) atoms. The minimum Gasteiger partial charge on any atom is -0.465 e. The van der Waals surface area contributed by atoms with Gasteiger partial charge in [0.15, 0.2) is 0 Å². The Kier molecular flexibility index (Phi) is 12.6. The zero-order valence-corrected chi connectivity index (χ0v) is 23.4. The molecule has 2 rings (SSSR count). The number of carboxylic acid groups (broad SMARTS) is 1. The van der Waals surface area contributed by atoms with E-state index in [1.165, 1.54) is 0 Å². The van der Waals surface area contributed by atoms with Crippen LogP contribution in [-0.4, -0.2) is 95.9 Å². The van der Waals surface area contributed by atoms with Gasteiger partial charge in [-0.2, -0.15) is 0 Å². The Morgan fingerprint density at radius 3 is 2.05 bits per heavy atom. The predicted molar refractivity (Wildman–Crippen MR) is 143 cm³/mol. The summed E-state index contributed by atoms with van der Waals surface area (Å²) in [5.41, 5.74) is 0. The first kappa shape index (κ1) is 32.0. The summed E-state index contributed by atoms with van der Waals surface area (Å²) in [6.45, 7) is 9.21. The second kappa shape index (κ2) is 15.4. The van der Waals surface area contributed by atoms with Crippen molar-refractivity contribution in [2.24, 2.45) is 11.8 Å². The highest BCUT2D eigenvalue weighted by Gasteiger charge is 2.36. The molecule has 0 radical (unpaired) electrons. The van der Waals surface area contributed by atoms with Gasteiger partial charge < -0.3 is 36.6 Å². The molecule has 0 aromatic carbocycles. The first-order valence-corrected chi connectivity index (χ1v) is 13.8. The minimum absolute atomic E-state index is 0.0342. The highest BCUT2D eigenvalue weighted by atomic mass is 16.4. The van der Waals surface area contributed by atoms with Crippen LogP contribution in [0.1, 0.15) is 66.2 Å². The van der Waals surface area contributed by atoms with Crippen molar-refractivity contribution in [1.29, 1.82) is 0 Å². The van der Waals surface area contributed by atoms with Gasteiger partial charge in [-0.1, -0.05) is 20.3 Å². The predicted octanol–water partition coefficient (Wildman–Crippen LogP) is -0.256. The van der Waals surface area contributed by atoms with Crippen molar-refractivity contribution >= 4 is 35.5 Å². The van der Waals surface area contributed by atoms with E-state index in [0.29, 0.717) is 13.0 Å². The average molecular weight is 553 g/mol. The van der Waals surface area contributed by atoms with Crippen LogP contribution >= 0.6 is 0 Å². The zero-order valence-electron chi connectivity index (χ0n) is 23.4. The normalized spacial score (nSPS) is 20.1. The van der Waals surface area contributed by atoms with E-state index in [-0.39, 0.29) is 37.3 Å². The molecule has 13 nitrogen and oxygen atoms in total. The summed E-state index contributed by atoms with van der Waals surface area (Å²) in [5, 5.41) is 22.0. The van der Waals surface area contributed by atoms with Gasteiger partial charge in [0.1, 0.15) is 12.1 Å². The topological polar surface area (TPSA) is 186 Å². The van der Waals surface area contributed by atoms with Crippen LogP contribution in [-0.2, 0) is 24.0 Å². The van der Waals surface area contributed by atoms with E-state index in [1.54, 1.807) is 13.8 Å². The molecule has 0 unspecified atom stereocenters. The molecule has 0 saturated carbocycles. The van der Waals surface area contributed by atoms with Crippen molar-refractivity contribution in [3.05, 3.63) is 0 Å². The smallest absolute Gasteiger partial charge is 0.405 e. The molecule has 2 saturated heterocycles. The Bertz CT molecular complexity index is 903. The Balaban J connectivity index is 2.19. The summed E-state index contributed by atoms with van der Waals surface area (Å²) < 4.78 is 0. The van der Waals surface area contributed by atoms with Crippen LogP contribution < -0.4 is 26.6 Å². The van der Waals surface area contributed by atoms with Gasteiger partial charge in [-0.3, -0.25) is 24.0 Å². The quantitative estimate of drug-likeness (QED) is 0.159. The van der Waals surface area contributed by atoms with Crippen molar-refractivity contribution in [3.63, 3.8) is 0 Å². The number of Topliss-reactive ketones (excluding diaryl/α,β-unsaturated/α-hetero) is 1. The second-order valence-electron chi connectivity index (χ2n) is 11.1. The zero-order chi connectivity index (χ0) is 29.1. The number of nitrogens with zero attached hydrogens (tertiary/aromatic N) is 1. The first-order valence-electron chi connectivity index (χ1n) is 13.8. The van der Waals surface area contributed by atoms with Crippen LogP contribution in [0.25, 0.3) is 0 Å². The molecule has 220 valence electrons. The molecule has 0 aromatic rings. The van der Waals surface area contributed by atoms with Gasteiger partial charge in [-0.25, -0.2) is 4.79 Å². The second-order valence-corrected chi connectivity index (χ2v) is 11.1. The third-order valence-corrected chi connectivity index (χ3v) is 6.80. The van der Waals surface area contributed by atoms with Gasteiger partial charge in [0.05, 0.1) is 6.04 Å². The first-order chi connectivity index (χ1) is 18.4. The Morgan fingerprint density at radius 2 is 1.51 bits per heavy atom. The highest BCUT2D eigenvalue weighted by Crippen LogP contribution is 2.18. The largest absolute Gasteiger partial charge is 0.465 e. The fourth-order valence-corrected chi connectivity index (χ4v) is 4.87. The number of hydrogen-bond acceptors (Lipinski definition) is 7. The van der Waals surface area contributed by atoms with Gasteiger partial charge in [0, 0.05) is 25.0 Å². The number of likely N-dealkylation sites (tertiary alicyclic amines) is 1. The van der Waals surface area contributed by atoms with E-state index in [4.69, 9.17) is 0 Å². The Hall–Kier alpha value is -3.22. The van der Waals surface area contributed by atoms with E-state index in [0.717, 1.165) is 32.4 Å². The molecule has 6 N–H and O–H groups in total. The highest BCUT2D eigenvalue weighted by molar-refractivity contribution is 6.38. The molecule has 2 heterocycles. The number of hydrogen-bond donors (Lipinski definition) is 6. The molecule has 5 amide bonds. The van der Waals surface area contributed by atoms with Gasteiger partial charge in [0.2, 0.25) is 23.5 Å². The number of nitrogens with one attached hydrogen (secondary N) is 5. The van der Waals surface area contributed by atoms with E-state index >= 15 is 0 Å². The molecule has 2 aliphatic rings. The van der Waals surface area contributed by atoms with Crippen molar-refractivity contribution in [2.45, 2.75) is 90.4 Å². The van der Waals surface area contributed by atoms with E-state index < -0.39 is 53.6 Å². The summed E-state index contributed by atoms with van der Waals surface area (Å²) in [4.78, 5) is 77.7. The lowest BCUT2D eigenvalue weighted by Gasteiger charge is -2.31. The molecule has 4 atom stereocenters. The maximum atomic E-state index is 13.4. The summed E-state index contributed by atoms with van der Waals surface area (Å²) in [6, 6.07) is -3.76. The van der Waals surface area contributed by atoms with Crippen LogP contribution in [0.2, 0.25) is 0 Å². The molecule has 0 spiro atoms. The SMILES string of the molecule is CC(C)C[C@H](NC(=O)[C@H](CN1CCCCC1)NC(=O)O)C(=O)N[C@@H](C[C@@H]1CCNC1=O)C(=O)C(=O)NC(C)C. The van der Waals surface area contributed by atoms with Gasteiger partial charge in [-0.05, 0) is 65.0 Å². The van der Waals surface area contributed by atoms with Crippen molar-refractivity contribution in [2.75, 3.05) is 26.2 Å². The van der Waals surface area contributed by atoms with Crippen LogP contribution in [0.4, 0.5) is 4.79 Å². The molecule has 2 fully saturated rings. The third-order valence-electron chi connectivity index (χ3n) is 6.80. The molecular formula is C26H44N6O7. The number of carbonyl (C=O) groups excluding carboxylic acids is 5. The van der Waals surface area contributed by atoms with E-state index in [2.05, 4.69) is 26.6 Å². The van der Waals surface area contributed by atoms with Crippen LogP contribution in [0.3, 0.4) is 0 Å². The number of carbonyl (C=O) groups is 6. The number of piperidine rings is 1. The molecular weight excluding hydrogens is 508 g/mol. The standard InChI is InChI=1S/C26H44N6O7/c1-15(2)12-19(30-24(36)20(31-26(38)39)14-32-10-6-5-7-11-32)23(35)29-18(13-17-8-9-27-22(17)34)21(33)25(37)28-16(3)4/h15-20,31H,5-14H2,1-4H3,(H,27,34)(H,28,37)(H,29,35)(H,30,36)(H,38,39)/t17-,18-,19-,20-/m0/s1. The lowest BCUT2D eigenvalue weighted by Crippen LogP contribution is -2.59. The number of ketones is 1. The monoisotopic (exact) mass is 552 g/mol. The van der Waals surface area contributed by atoms with Crippen LogP contribution in [0.15, 0.2) is 0 Å². The maximum absolute atomic E-state index is 13.4. The third kappa shape index (κ3) is 10.8. The Labute approximate surface area is 229 Å². The van der Waals surface area contributed by atoms with Crippen molar-refractivity contribution < 1.29 is 33.9 Å². The lowest BCUT2D eigenvalue weighted by atomic mass is 9.94. The molecule has 0 aliphatic carbocycles. The Morgan fingerprint density at radius 1 is 0.897 bits per heavy atom. The maximum Gasteiger partial charge on any atom is 0.405 e. The van der Waals surface area contributed by atoms with Crippen molar-refractivity contribution in [1.82, 2.24) is 31.5 Å².